The maximum absolute atomic E-state index is 5.52. The number of benzene rings is 1. The average Bonchev–Trinajstić information content (AvgIpc) is 2.59. The van der Waals surface area contributed by atoms with E-state index in [9.17, 15) is 0 Å². The zero-order valence-electron chi connectivity index (χ0n) is 13.0. The molecule has 0 radical (unpaired) electrons. The van der Waals surface area contributed by atoms with Crippen LogP contribution >= 0.6 is 24.0 Å². The van der Waals surface area contributed by atoms with E-state index in [-0.39, 0.29) is 0 Å². The molecular formula is C17H19N3OS2. The van der Waals surface area contributed by atoms with Crippen molar-refractivity contribution in [2.45, 2.75) is 13.1 Å². The highest BCUT2D eigenvalue weighted by Crippen LogP contribution is 2.23. The first-order chi connectivity index (χ1) is 11.2. The van der Waals surface area contributed by atoms with Crippen LogP contribution in [0, 0.1) is 0 Å². The first-order valence-electron chi connectivity index (χ1n) is 7.40. The van der Waals surface area contributed by atoms with Gasteiger partial charge in [-0.1, -0.05) is 42.2 Å². The number of hydrogen-bond acceptors (Lipinski definition) is 5. The number of rotatable bonds is 5. The molecule has 2 heterocycles. The van der Waals surface area contributed by atoms with Crippen molar-refractivity contribution >= 4 is 28.3 Å². The number of ether oxygens (including phenoxy) is 1. The predicted molar refractivity (Wildman–Crippen MR) is 98.2 cm³/mol. The van der Waals surface area contributed by atoms with Gasteiger partial charge in [0.25, 0.3) is 0 Å². The molecule has 1 aromatic heterocycles. The lowest BCUT2D eigenvalue weighted by Gasteiger charge is -2.36. The van der Waals surface area contributed by atoms with E-state index >= 15 is 0 Å². The quantitative estimate of drug-likeness (QED) is 0.772. The lowest BCUT2D eigenvalue weighted by molar-refractivity contribution is 0.201. The van der Waals surface area contributed by atoms with Gasteiger partial charge in [-0.15, -0.1) is 0 Å². The molecule has 0 N–H and O–H groups in total. The normalized spacial score (nSPS) is 15.7. The van der Waals surface area contributed by atoms with Crippen LogP contribution < -0.4 is 4.74 Å². The number of thioether (sulfide) groups is 1. The Bertz CT molecular complexity index is 649. The Morgan fingerprint density at radius 2 is 2.00 bits per heavy atom. The fourth-order valence-corrected chi connectivity index (χ4v) is 3.54. The summed E-state index contributed by atoms with van der Waals surface area (Å²) in [5.41, 5.74) is 2.46. The summed E-state index contributed by atoms with van der Waals surface area (Å²) in [6.07, 6.45) is 3.73. The summed E-state index contributed by atoms with van der Waals surface area (Å²) in [6.45, 7) is 2.55. The Balaban J connectivity index is 1.62. The zero-order chi connectivity index (χ0) is 16.1. The van der Waals surface area contributed by atoms with Gasteiger partial charge in [0.05, 0.1) is 19.7 Å². The molecular weight excluding hydrogens is 326 g/mol. The minimum atomic E-state index is 0.819. The molecule has 1 aliphatic heterocycles. The molecule has 120 valence electrons. The Hall–Kier alpha value is -1.63. The second-order valence-electron chi connectivity index (χ2n) is 5.42. The third kappa shape index (κ3) is 4.43. The molecule has 0 atom stereocenters. The van der Waals surface area contributed by atoms with Gasteiger partial charge in [0.15, 0.2) is 0 Å². The Labute approximate surface area is 146 Å². The molecule has 0 amide bonds. The second-order valence-corrected chi connectivity index (χ2v) is 7.00. The van der Waals surface area contributed by atoms with Gasteiger partial charge in [-0.25, -0.2) is 0 Å². The largest absolute Gasteiger partial charge is 0.497 e. The van der Waals surface area contributed by atoms with E-state index in [1.54, 1.807) is 25.1 Å². The summed E-state index contributed by atoms with van der Waals surface area (Å²) in [4.78, 5) is 8.80. The fraction of sp³-hybridized carbons (Fsp3) is 0.294. The molecule has 23 heavy (non-hydrogen) atoms. The van der Waals surface area contributed by atoms with Gasteiger partial charge in [-0.3, -0.25) is 9.88 Å². The number of hydrogen-bond donors (Lipinski definition) is 0. The van der Waals surface area contributed by atoms with Crippen LogP contribution in [0.3, 0.4) is 0 Å². The monoisotopic (exact) mass is 345 g/mol. The predicted octanol–water partition coefficient (Wildman–Crippen LogP) is 3.34. The van der Waals surface area contributed by atoms with E-state index in [4.69, 9.17) is 17.0 Å². The third-order valence-corrected chi connectivity index (χ3v) is 5.27. The van der Waals surface area contributed by atoms with Gasteiger partial charge in [0.1, 0.15) is 10.1 Å². The molecule has 0 aliphatic carbocycles. The van der Waals surface area contributed by atoms with Crippen LogP contribution in [0.1, 0.15) is 11.1 Å². The van der Waals surface area contributed by atoms with Crippen molar-refractivity contribution in [1.82, 2.24) is 14.8 Å². The SMILES string of the molecule is COc1ccc(CN2CN(Cc3cccnc3)CSC2=S)cc1. The molecule has 4 nitrogen and oxygen atoms in total. The maximum Gasteiger partial charge on any atom is 0.138 e. The first-order valence-corrected chi connectivity index (χ1v) is 8.80. The fourth-order valence-electron chi connectivity index (χ4n) is 2.49. The van der Waals surface area contributed by atoms with Crippen LogP contribution in [0.15, 0.2) is 48.8 Å². The van der Waals surface area contributed by atoms with Gasteiger partial charge in [0, 0.05) is 25.5 Å². The molecule has 2 aromatic rings. The van der Waals surface area contributed by atoms with Crippen LogP contribution in [0.4, 0.5) is 0 Å². The summed E-state index contributed by atoms with van der Waals surface area (Å²) >= 11 is 7.24. The summed E-state index contributed by atoms with van der Waals surface area (Å²) in [5, 5.41) is 0. The van der Waals surface area contributed by atoms with Crippen LogP contribution in [0.2, 0.25) is 0 Å². The molecule has 1 aliphatic rings. The summed E-state index contributed by atoms with van der Waals surface area (Å²) in [7, 11) is 1.68. The topological polar surface area (TPSA) is 28.6 Å². The average molecular weight is 345 g/mol. The van der Waals surface area contributed by atoms with Crippen LogP contribution in [-0.2, 0) is 13.1 Å². The molecule has 1 aromatic carbocycles. The highest BCUT2D eigenvalue weighted by atomic mass is 32.2. The lowest BCUT2D eigenvalue weighted by atomic mass is 10.2. The van der Waals surface area contributed by atoms with E-state index in [2.05, 4.69) is 33.0 Å². The van der Waals surface area contributed by atoms with Crippen molar-refractivity contribution < 1.29 is 4.74 Å². The van der Waals surface area contributed by atoms with Crippen molar-refractivity contribution in [2.75, 3.05) is 19.7 Å². The van der Waals surface area contributed by atoms with Crippen molar-refractivity contribution in [3.8, 4) is 5.75 Å². The van der Waals surface area contributed by atoms with E-state index in [1.807, 2.05) is 24.4 Å². The molecule has 0 saturated carbocycles. The van der Waals surface area contributed by atoms with Gasteiger partial charge in [-0.2, -0.15) is 0 Å². The first kappa shape index (κ1) is 16.2. The molecule has 6 heteroatoms. The Morgan fingerprint density at radius 1 is 1.17 bits per heavy atom. The molecule has 3 rings (SSSR count). The van der Waals surface area contributed by atoms with Crippen molar-refractivity contribution in [2.24, 2.45) is 0 Å². The highest BCUT2D eigenvalue weighted by molar-refractivity contribution is 8.22. The summed E-state index contributed by atoms with van der Waals surface area (Å²) in [5.74, 6) is 1.80. The Kier molecular flexibility index (Phi) is 5.48. The standard InChI is InChI=1S/C17H19N3OS2/c1-21-16-6-4-14(5-7-16)11-20-12-19(13-23-17(20)22)10-15-3-2-8-18-9-15/h2-9H,10-13H2,1H3. The number of thiocarbonyl (C=S) groups is 1. The molecule has 0 unspecified atom stereocenters. The summed E-state index contributed by atoms with van der Waals surface area (Å²) < 4.78 is 6.17. The van der Waals surface area contributed by atoms with Crippen molar-refractivity contribution in [3.63, 3.8) is 0 Å². The molecule has 0 spiro atoms. The van der Waals surface area contributed by atoms with Gasteiger partial charge in [-0.05, 0) is 29.3 Å². The van der Waals surface area contributed by atoms with Crippen LogP contribution in [0.5, 0.6) is 5.75 Å². The van der Waals surface area contributed by atoms with E-state index < -0.39 is 0 Å². The van der Waals surface area contributed by atoms with E-state index in [1.165, 1.54) is 11.1 Å². The van der Waals surface area contributed by atoms with Crippen molar-refractivity contribution in [1.29, 1.82) is 0 Å². The maximum atomic E-state index is 5.52. The smallest absolute Gasteiger partial charge is 0.138 e. The van der Waals surface area contributed by atoms with Crippen LogP contribution in [-0.4, -0.2) is 38.8 Å². The van der Waals surface area contributed by atoms with E-state index in [0.717, 1.165) is 35.7 Å². The van der Waals surface area contributed by atoms with Crippen molar-refractivity contribution in [3.05, 3.63) is 59.9 Å². The number of pyridine rings is 1. The van der Waals surface area contributed by atoms with E-state index in [0.29, 0.717) is 0 Å². The second kappa shape index (κ2) is 7.77. The lowest BCUT2D eigenvalue weighted by Crippen LogP contribution is -2.43. The van der Waals surface area contributed by atoms with Gasteiger partial charge in [0.2, 0.25) is 0 Å². The highest BCUT2D eigenvalue weighted by Gasteiger charge is 2.21. The van der Waals surface area contributed by atoms with Gasteiger partial charge < -0.3 is 9.64 Å². The zero-order valence-corrected chi connectivity index (χ0v) is 14.6. The van der Waals surface area contributed by atoms with Crippen LogP contribution in [0.25, 0.3) is 0 Å². The minimum Gasteiger partial charge on any atom is -0.497 e. The number of methoxy groups -OCH3 is 1. The molecule has 1 saturated heterocycles. The Morgan fingerprint density at radius 3 is 2.70 bits per heavy atom. The number of nitrogens with zero attached hydrogens (tertiary/aromatic N) is 3. The third-order valence-electron chi connectivity index (χ3n) is 3.66. The van der Waals surface area contributed by atoms with Gasteiger partial charge >= 0.3 is 0 Å². The molecule has 0 bridgehead atoms. The summed E-state index contributed by atoms with van der Waals surface area (Å²) in [6, 6.07) is 12.2. The molecule has 1 fully saturated rings. The number of aromatic nitrogens is 1. The minimum absolute atomic E-state index is 0.819.